The van der Waals surface area contributed by atoms with Crippen LogP contribution in [0.4, 0.5) is 0 Å². The minimum Gasteiger partial charge on any atom is -0.292 e. The van der Waals surface area contributed by atoms with Crippen LogP contribution in [0, 0.1) is 17.2 Å². The molecule has 23 heavy (non-hydrogen) atoms. The molecule has 0 N–H and O–H groups in total. The fraction of sp³-hybridized carbons (Fsp3) is 0.111. The number of Topliss-reactive ketones (excluding diaryl/α,β-unsaturated/α-hetero) is 2. The number of para-hydroxylation sites is 1. The van der Waals surface area contributed by atoms with E-state index in [0.717, 1.165) is 5.52 Å². The molecule has 0 aliphatic rings. The van der Waals surface area contributed by atoms with Crippen LogP contribution in [-0.4, -0.2) is 21.3 Å². The number of benzene rings is 2. The molecule has 112 valence electrons. The van der Waals surface area contributed by atoms with Gasteiger partial charge in [0.25, 0.3) is 0 Å². The molecule has 3 rings (SSSR count). The van der Waals surface area contributed by atoms with Gasteiger partial charge in [-0.15, -0.1) is 0 Å². The van der Waals surface area contributed by atoms with E-state index in [4.69, 9.17) is 0 Å². The van der Waals surface area contributed by atoms with Crippen LogP contribution in [-0.2, 0) is 7.05 Å². The Morgan fingerprint density at radius 1 is 1.04 bits per heavy atom. The number of carbonyl (C=O) groups is 2. The van der Waals surface area contributed by atoms with Crippen molar-refractivity contribution in [2.24, 2.45) is 13.0 Å². The van der Waals surface area contributed by atoms with Gasteiger partial charge >= 0.3 is 0 Å². The van der Waals surface area contributed by atoms with Gasteiger partial charge in [-0.25, -0.2) is 0 Å². The zero-order valence-corrected chi connectivity index (χ0v) is 12.4. The molecule has 0 fully saturated rings. The number of hydrogen-bond donors (Lipinski definition) is 0. The number of carbonyl (C=O) groups excluding carboxylic acids is 2. The van der Waals surface area contributed by atoms with Gasteiger partial charge in [-0.1, -0.05) is 48.5 Å². The molecule has 1 heterocycles. The van der Waals surface area contributed by atoms with E-state index in [1.54, 1.807) is 54.2 Å². The summed E-state index contributed by atoms with van der Waals surface area (Å²) in [5, 5.41) is 14.2. The molecule has 0 radical (unpaired) electrons. The van der Waals surface area contributed by atoms with E-state index in [9.17, 15) is 14.9 Å². The number of hydrogen-bond acceptors (Lipinski definition) is 4. The Morgan fingerprint density at radius 3 is 2.39 bits per heavy atom. The van der Waals surface area contributed by atoms with Gasteiger partial charge < -0.3 is 0 Å². The van der Waals surface area contributed by atoms with Crippen LogP contribution < -0.4 is 0 Å². The largest absolute Gasteiger partial charge is 0.292 e. The zero-order chi connectivity index (χ0) is 16.4. The van der Waals surface area contributed by atoms with Gasteiger partial charge in [-0.3, -0.25) is 14.3 Å². The van der Waals surface area contributed by atoms with E-state index in [0.29, 0.717) is 10.9 Å². The average Bonchev–Trinajstić information content (AvgIpc) is 2.93. The maximum absolute atomic E-state index is 12.7. The summed E-state index contributed by atoms with van der Waals surface area (Å²) in [5.74, 6) is -2.47. The third-order valence-corrected chi connectivity index (χ3v) is 3.70. The molecule has 0 saturated heterocycles. The number of fused-ring (bicyclic) bond motifs is 1. The summed E-state index contributed by atoms with van der Waals surface area (Å²) in [6.45, 7) is 0. The van der Waals surface area contributed by atoms with E-state index >= 15 is 0 Å². The van der Waals surface area contributed by atoms with Crippen molar-refractivity contribution in [3.8, 4) is 6.07 Å². The SMILES string of the molecule is Cn1nc(C(=O)C(C#N)C(=O)c2ccccc2)c2ccccc21. The van der Waals surface area contributed by atoms with Gasteiger partial charge in [0.15, 0.2) is 11.7 Å². The van der Waals surface area contributed by atoms with Crippen LogP contribution in [0.3, 0.4) is 0 Å². The average molecular weight is 303 g/mol. The van der Waals surface area contributed by atoms with E-state index in [1.807, 2.05) is 18.2 Å². The maximum atomic E-state index is 12.7. The monoisotopic (exact) mass is 303 g/mol. The van der Waals surface area contributed by atoms with Gasteiger partial charge in [-0.05, 0) is 6.07 Å². The van der Waals surface area contributed by atoms with Crippen molar-refractivity contribution in [2.75, 3.05) is 0 Å². The van der Waals surface area contributed by atoms with E-state index in [-0.39, 0.29) is 5.69 Å². The van der Waals surface area contributed by atoms with E-state index in [2.05, 4.69) is 5.10 Å². The van der Waals surface area contributed by atoms with Crippen molar-refractivity contribution < 1.29 is 9.59 Å². The lowest BCUT2D eigenvalue weighted by atomic mass is 9.92. The normalized spacial score (nSPS) is 11.8. The van der Waals surface area contributed by atoms with Crippen LogP contribution in [0.5, 0.6) is 0 Å². The molecule has 3 aromatic rings. The minimum absolute atomic E-state index is 0.152. The first-order valence-electron chi connectivity index (χ1n) is 7.08. The standard InChI is InChI=1S/C18H13N3O2/c1-21-15-10-6-5-9-13(15)16(20-21)18(23)14(11-19)17(22)12-7-3-2-4-8-12/h2-10,14H,1H3. The summed E-state index contributed by atoms with van der Waals surface area (Å²) in [6, 6.07) is 17.4. The second-order valence-corrected chi connectivity index (χ2v) is 5.15. The number of ketones is 2. The zero-order valence-electron chi connectivity index (χ0n) is 12.4. The van der Waals surface area contributed by atoms with Crippen LogP contribution in [0.25, 0.3) is 10.9 Å². The molecule has 0 aliphatic carbocycles. The summed E-state index contributed by atoms with van der Waals surface area (Å²) in [7, 11) is 1.72. The number of nitrogens with zero attached hydrogens (tertiary/aromatic N) is 3. The Balaban J connectivity index is 2.03. The highest BCUT2D eigenvalue weighted by molar-refractivity contribution is 6.20. The van der Waals surface area contributed by atoms with Crippen LogP contribution >= 0.6 is 0 Å². The van der Waals surface area contributed by atoms with Crippen molar-refractivity contribution >= 4 is 22.5 Å². The summed E-state index contributed by atoms with van der Waals surface area (Å²) in [4.78, 5) is 25.2. The molecule has 2 aromatic carbocycles. The van der Waals surface area contributed by atoms with Crippen molar-refractivity contribution in [3.05, 3.63) is 65.9 Å². The number of rotatable bonds is 4. The van der Waals surface area contributed by atoms with Gasteiger partial charge in [0.2, 0.25) is 5.78 Å². The molecule has 0 saturated carbocycles. The van der Waals surface area contributed by atoms with Crippen molar-refractivity contribution in [3.63, 3.8) is 0 Å². The highest BCUT2D eigenvalue weighted by Gasteiger charge is 2.31. The van der Waals surface area contributed by atoms with Crippen molar-refractivity contribution in [1.82, 2.24) is 9.78 Å². The maximum Gasteiger partial charge on any atom is 0.208 e. The molecular formula is C18H13N3O2. The molecule has 1 aromatic heterocycles. The summed E-state index contributed by atoms with van der Waals surface area (Å²) in [5.41, 5.74) is 1.27. The molecule has 5 heteroatoms. The molecular weight excluding hydrogens is 290 g/mol. The Labute approximate surface area is 132 Å². The lowest BCUT2D eigenvalue weighted by Gasteiger charge is -2.06. The molecule has 5 nitrogen and oxygen atoms in total. The Morgan fingerprint density at radius 2 is 1.70 bits per heavy atom. The van der Waals surface area contributed by atoms with Crippen LogP contribution in [0.2, 0.25) is 0 Å². The summed E-state index contributed by atoms with van der Waals surface area (Å²) in [6.07, 6.45) is 0. The Bertz CT molecular complexity index is 936. The summed E-state index contributed by atoms with van der Waals surface area (Å²) < 4.78 is 1.57. The fourth-order valence-corrected chi connectivity index (χ4v) is 2.54. The number of aryl methyl sites for hydroxylation is 1. The van der Waals surface area contributed by atoms with Crippen molar-refractivity contribution in [2.45, 2.75) is 0 Å². The third-order valence-electron chi connectivity index (χ3n) is 3.70. The highest BCUT2D eigenvalue weighted by Crippen LogP contribution is 2.22. The second kappa shape index (κ2) is 5.85. The Kier molecular flexibility index (Phi) is 3.73. The van der Waals surface area contributed by atoms with E-state index in [1.165, 1.54) is 0 Å². The first kappa shape index (κ1) is 14.7. The Hall–Kier alpha value is -3.26. The molecule has 0 spiro atoms. The third kappa shape index (κ3) is 2.51. The highest BCUT2D eigenvalue weighted by atomic mass is 16.2. The summed E-state index contributed by atoms with van der Waals surface area (Å²) >= 11 is 0. The van der Waals surface area contributed by atoms with Crippen LogP contribution in [0.15, 0.2) is 54.6 Å². The van der Waals surface area contributed by atoms with Gasteiger partial charge in [-0.2, -0.15) is 10.4 Å². The quantitative estimate of drug-likeness (QED) is 0.548. The predicted octanol–water partition coefficient (Wildman–Crippen LogP) is 2.78. The second-order valence-electron chi connectivity index (χ2n) is 5.15. The smallest absolute Gasteiger partial charge is 0.208 e. The minimum atomic E-state index is -1.39. The lowest BCUT2D eigenvalue weighted by Crippen LogP contribution is -2.23. The molecule has 0 bridgehead atoms. The number of nitriles is 1. The lowest BCUT2D eigenvalue weighted by molar-refractivity contribution is 0.0843. The predicted molar refractivity (Wildman–Crippen MR) is 84.9 cm³/mol. The van der Waals surface area contributed by atoms with Gasteiger partial charge in [0, 0.05) is 18.0 Å². The molecule has 1 atom stereocenters. The first-order valence-corrected chi connectivity index (χ1v) is 7.08. The molecule has 0 aliphatic heterocycles. The van der Waals surface area contributed by atoms with Crippen LogP contribution in [0.1, 0.15) is 20.8 Å². The molecule has 1 unspecified atom stereocenters. The van der Waals surface area contributed by atoms with Gasteiger partial charge in [0.05, 0.1) is 11.6 Å². The topological polar surface area (TPSA) is 75.8 Å². The van der Waals surface area contributed by atoms with Crippen molar-refractivity contribution in [1.29, 1.82) is 5.26 Å². The first-order chi connectivity index (χ1) is 11.1. The molecule has 0 amide bonds. The number of aromatic nitrogens is 2. The fourth-order valence-electron chi connectivity index (χ4n) is 2.54. The van der Waals surface area contributed by atoms with E-state index < -0.39 is 17.5 Å². The van der Waals surface area contributed by atoms with Gasteiger partial charge in [0.1, 0.15) is 5.69 Å².